The van der Waals surface area contributed by atoms with Crippen LogP contribution in [0.15, 0.2) is 54.9 Å². The third kappa shape index (κ3) is 4.25. The van der Waals surface area contributed by atoms with Gasteiger partial charge in [0.15, 0.2) is 5.78 Å². The van der Waals surface area contributed by atoms with Crippen molar-refractivity contribution in [2.24, 2.45) is 0 Å². The van der Waals surface area contributed by atoms with Crippen molar-refractivity contribution < 1.29 is 22.8 Å². The van der Waals surface area contributed by atoms with Gasteiger partial charge < -0.3 is 5.32 Å². The number of amides is 1. The van der Waals surface area contributed by atoms with Gasteiger partial charge in [-0.05, 0) is 42.8 Å². The number of Topliss-reactive ketones (excluding diaryl/α,β-unsaturated/α-hetero) is 1. The number of nitrogens with one attached hydrogen (secondary N) is 1. The predicted octanol–water partition coefficient (Wildman–Crippen LogP) is 3.42. The lowest BCUT2D eigenvalue weighted by Gasteiger charge is -2.12. The SMILES string of the molecule is CC(=O)c1cc(CNC(=O)c2ncnn2-c2ccccc2)cc(C(F)(F)F)c1. The van der Waals surface area contributed by atoms with Gasteiger partial charge in [-0.25, -0.2) is 9.67 Å². The number of para-hydroxylation sites is 1. The number of hydrogen-bond donors (Lipinski definition) is 1. The Labute approximate surface area is 158 Å². The lowest BCUT2D eigenvalue weighted by Crippen LogP contribution is -2.26. The number of aromatic nitrogens is 3. The molecule has 0 atom stereocenters. The fraction of sp³-hybridized carbons (Fsp3) is 0.158. The molecule has 0 bridgehead atoms. The summed E-state index contributed by atoms with van der Waals surface area (Å²) in [6.45, 7) is 0.977. The van der Waals surface area contributed by atoms with E-state index in [9.17, 15) is 22.8 Å². The Morgan fingerprint density at radius 2 is 1.82 bits per heavy atom. The summed E-state index contributed by atoms with van der Waals surface area (Å²) in [6.07, 6.45) is -3.39. The van der Waals surface area contributed by atoms with Crippen molar-refractivity contribution in [2.45, 2.75) is 19.6 Å². The molecule has 0 aliphatic carbocycles. The third-order valence-corrected chi connectivity index (χ3v) is 3.93. The van der Waals surface area contributed by atoms with Crippen LogP contribution in [0.4, 0.5) is 13.2 Å². The highest BCUT2D eigenvalue weighted by atomic mass is 19.4. The minimum atomic E-state index is -4.60. The Morgan fingerprint density at radius 1 is 1.11 bits per heavy atom. The Kier molecular flexibility index (Phi) is 5.25. The molecule has 0 saturated carbocycles. The molecule has 9 heteroatoms. The number of hydrogen-bond acceptors (Lipinski definition) is 4. The normalized spacial score (nSPS) is 11.3. The van der Waals surface area contributed by atoms with E-state index in [1.807, 2.05) is 0 Å². The Bertz CT molecular complexity index is 1010. The summed E-state index contributed by atoms with van der Waals surface area (Å²) in [5.74, 6) is -1.12. The molecule has 0 saturated heterocycles. The van der Waals surface area contributed by atoms with Crippen LogP contribution in [0.25, 0.3) is 5.69 Å². The van der Waals surface area contributed by atoms with Gasteiger partial charge in [0, 0.05) is 12.1 Å². The zero-order chi connectivity index (χ0) is 20.3. The number of ketones is 1. The first-order chi connectivity index (χ1) is 13.3. The lowest BCUT2D eigenvalue weighted by molar-refractivity contribution is -0.137. The molecule has 0 unspecified atom stereocenters. The van der Waals surface area contributed by atoms with Crippen LogP contribution in [0.3, 0.4) is 0 Å². The van der Waals surface area contributed by atoms with Gasteiger partial charge in [0.05, 0.1) is 11.3 Å². The first-order valence-electron chi connectivity index (χ1n) is 8.21. The summed E-state index contributed by atoms with van der Waals surface area (Å²) in [5, 5.41) is 6.51. The van der Waals surface area contributed by atoms with Crippen molar-refractivity contribution >= 4 is 11.7 Å². The molecule has 0 aliphatic heterocycles. The molecule has 3 rings (SSSR count). The number of halogens is 3. The van der Waals surface area contributed by atoms with Crippen LogP contribution in [0, 0.1) is 0 Å². The third-order valence-electron chi connectivity index (χ3n) is 3.93. The van der Waals surface area contributed by atoms with Crippen molar-refractivity contribution in [2.75, 3.05) is 0 Å². The van der Waals surface area contributed by atoms with E-state index in [4.69, 9.17) is 0 Å². The Balaban J connectivity index is 1.82. The molecule has 2 aromatic carbocycles. The summed E-state index contributed by atoms with van der Waals surface area (Å²) in [5.41, 5.74) is -0.259. The fourth-order valence-corrected chi connectivity index (χ4v) is 2.58. The number of nitrogens with zero attached hydrogens (tertiary/aromatic N) is 3. The van der Waals surface area contributed by atoms with E-state index >= 15 is 0 Å². The molecule has 1 aromatic heterocycles. The maximum Gasteiger partial charge on any atom is 0.416 e. The van der Waals surface area contributed by atoms with Gasteiger partial charge in [0.1, 0.15) is 6.33 Å². The first kappa shape index (κ1) is 19.3. The van der Waals surface area contributed by atoms with E-state index in [0.29, 0.717) is 5.69 Å². The first-order valence-corrected chi connectivity index (χ1v) is 8.21. The van der Waals surface area contributed by atoms with E-state index in [1.165, 1.54) is 24.0 Å². The topological polar surface area (TPSA) is 76.9 Å². The van der Waals surface area contributed by atoms with Gasteiger partial charge in [0.25, 0.3) is 5.91 Å². The smallest absolute Gasteiger partial charge is 0.345 e. The standard InChI is InChI=1S/C19H15F3N4O2/c1-12(27)14-7-13(8-15(9-14)19(20,21)22)10-23-18(28)17-24-11-25-26(17)16-5-3-2-4-6-16/h2-9,11H,10H2,1H3,(H,23,28). The molecule has 1 amide bonds. The van der Waals surface area contributed by atoms with Crippen molar-refractivity contribution in [3.8, 4) is 5.69 Å². The van der Waals surface area contributed by atoms with Gasteiger partial charge in [-0.15, -0.1) is 0 Å². The fourth-order valence-electron chi connectivity index (χ4n) is 2.58. The molecule has 1 N–H and O–H groups in total. The number of benzene rings is 2. The number of carbonyl (C=O) groups excluding carboxylic acids is 2. The van der Waals surface area contributed by atoms with Crippen molar-refractivity contribution in [3.05, 3.63) is 77.4 Å². The predicted molar refractivity (Wildman–Crippen MR) is 94.0 cm³/mol. The minimum absolute atomic E-state index is 0.00929. The number of carbonyl (C=O) groups is 2. The second-order valence-corrected chi connectivity index (χ2v) is 5.99. The molecule has 0 fully saturated rings. The van der Waals surface area contributed by atoms with Gasteiger partial charge >= 0.3 is 6.18 Å². The average Bonchev–Trinajstić information content (AvgIpc) is 3.16. The highest BCUT2D eigenvalue weighted by Gasteiger charge is 2.31. The van der Waals surface area contributed by atoms with E-state index in [0.717, 1.165) is 12.1 Å². The molecule has 1 heterocycles. The summed E-state index contributed by atoms with van der Waals surface area (Å²) in [4.78, 5) is 27.9. The van der Waals surface area contributed by atoms with Gasteiger partial charge in [-0.1, -0.05) is 18.2 Å². The van der Waals surface area contributed by atoms with Crippen molar-refractivity contribution in [3.63, 3.8) is 0 Å². The van der Waals surface area contributed by atoms with E-state index in [-0.39, 0.29) is 23.5 Å². The van der Waals surface area contributed by atoms with E-state index in [2.05, 4.69) is 15.4 Å². The lowest BCUT2D eigenvalue weighted by atomic mass is 10.0. The monoisotopic (exact) mass is 388 g/mol. The molecule has 0 radical (unpaired) electrons. The maximum absolute atomic E-state index is 13.1. The molecule has 0 aliphatic rings. The second kappa shape index (κ2) is 7.63. The van der Waals surface area contributed by atoms with Crippen LogP contribution < -0.4 is 5.32 Å². The Morgan fingerprint density at radius 3 is 2.46 bits per heavy atom. The van der Waals surface area contributed by atoms with Gasteiger partial charge in [-0.3, -0.25) is 9.59 Å². The van der Waals surface area contributed by atoms with E-state index in [1.54, 1.807) is 30.3 Å². The van der Waals surface area contributed by atoms with Crippen molar-refractivity contribution in [1.29, 1.82) is 0 Å². The molecular weight excluding hydrogens is 373 g/mol. The Hall–Kier alpha value is -3.49. The van der Waals surface area contributed by atoms with Crippen molar-refractivity contribution in [1.82, 2.24) is 20.1 Å². The molecule has 6 nitrogen and oxygen atoms in total. The van der Waals surface area contributed by atoms with Crippen LogP contribution in [0.5, 0.6) is 0 Å². The largest absolute Gasteiger partial charge is 0.416 e. The minimum Gasteiger partial charge on any atom is -0.345 e. The van der Waals surface area contributed by atoms with E-state index < -0.39 is 23.4 Å². The van der Waals surface area contributed by atoms with Crippen LogP contribution >= 0.6 is 0 Å². The zero-order valence-corrected chi connectivity index (χ0v) is 14.7. The molecule has 28 heavy (non-hydrogen) atoms. The number of alkyl halides is 3. The second-order valence-electron chi connectivity index (χ2n) is 5.99. The summed E-state index contributed by atoms with van der Waals surface area (Å²) < 4.78 is 40.5. The highest BCUT2D eigenvalue weighted by Crippen LogP contribution is 2.30. The van der Waals surface area contributed by atoms with Gasteiger partial charge in [-0.2, -0.15) is 18.3 Å². The maximum atomic E-state index is 13.1. The number of rotatable bonds is 5. The summed E-state index contributed by atoms with van der Waals surface area (Å²) in [7, 11) is 0. The van der Waals surface area contributed by atoms with Crippen LogP contribution in [0.2, 0.25) is 0 Å². The quantitative estimate of drug-likeness (QED) is 0.680. The highest BCUT2D eigenvalue weighted by molar-refractivity contribution is 5.94. The summed E-state index contributed by atoms with van der Waals surface area (Å²) >= 11 is 0. The molecular formula is C19H15F3N4O2. The molecule has 3 aromatic rings. The van der Waals surface area contributed by atoms with Crippen LogP contribution in [-0.4, -0.2) is 26.5 Å². The van der Waals surface area contributed by atoms with Gasteiger partial charge in [0.2, 0.25) is 5.82 Å². The molecule has 0 spiro atoms. The summed E-state index contributed by atoms with van der Waals surface area (Å²) in [6, 6.07) is 11.8. The van der Waals surface area contributed by atoms with Crippen LogP contribution in [0.1, 0.15) is 39.0 Å². The van der Waals surface area contributed by atoms with Crippen LogP contribution in [-0.2, 0) is 12.7 Å². The zero-order valence-electron chi connectivity index (χ0n) is 14.7. The molecule has 144 valence electrons. The average molecular weight is 388 g/mol.